The predicted molar refractivity (Wildman–Crippen MR) is 64.3 cm³/mol. The van der Waals surface area contributed by atoms with Crippen LogP contribution in [-0.4, -0.2) is 11.2 Å². The summed E-state index contributed by atoms with van der Waals surface area (Å²) >= 11 is 1.63. The van der Waals surface area contributed by atoms with E-state index in [-0.39, 0.29) is 5.56 Å². The van der Waals surface area contributed by atoms with E-state index >= 15 is 0 Å². The van der Waals surface area contributed by atoms with Gasteiger partial charge in [0.2, 0.25) is 5.56 Å². The molecule has 0 aliphatic heterocycles. The topological polar surface area (TPSA) is 32.9 Å². The van der Waals surface area contributed by atoms with Crippen molar-refractivity contribution in [3.63, 3.8) is 0 Å². The van der Waals surface area contributed by atoms with Crippen molar-refractivity contribution in [2.75, 3.05) is 6.26 Å². The van der Waals surface area contributed by atoms with Gasteiger partial charge in [0, 0.05) is 22.7 Å². The number of nitrogens with one attached hydrogen (secondary N) is 1. The van der Waals surface area contributed by atoms with Crippen LogP contribution in [0.15, 0.2) is 52.3 Å². The molecule has 2 nitrogen and oxygen atoms in total. The van der Waals surface area contributed by atoms with Crippen LogP contribution in [-0.2, 0) is 0 Å². The molecule has 0 fully saturated rings. The normalized spacial score (nSPS) is 10.2. The fourth-order valence-corrected chi connectivity index (χ4v) is 2.04. The minimum atomic E-state index is -0.0633. The molecule has 0 aliphatic carbocycles. The Kier molecular flexibility index (Phi) is 2.92. The molecule has 1 heterocycles. The molecule has 1 N–H and O–H groups in total. The van der Waals surface area contributed by atoms with Crippen LogP contribution in [0.1, 0.15) is 0 Å². The summed E-state index contributed by atoms with van der Waals surface area (Å²) in [4.78, 5) is 15.0. The van der Waals surface area contributed by atoms with Crippen molar-refractivity contribution in [1.82, 2.24) is 4.98 Å². The van der Waals surface area contributed by atoms with Crippen molar-refractivity contribution in [3.8, 4) is 11.1 Å². The number of pyridine rings is 1. The molecule has 3 heteroatoms. The Morgan fingerprint density at radius 2 is 1.93 bits per heavy atom. The van der Waals surface area contributed by atoms with E-state index in [9.17, 15) is 4.79 Å². The maximum Gasteiger partial charge on any atom is 0.248 e. The summed E-state index contributed by atoms with van der Waals surface area (Å²) in [6, 6.07) is 11.6. The monoisotopic (exact) mass is 217 g/mol. The highest BCUT2D eigenvalue weighted by Crippen LogP contribution is 2.27. The lowest BCUT2D eigenvalue weighted by Crippen LogP contribution is -2.03. The summed E-state index contributed by atoms with van der Waals surface area (Å²) < 4.78 is 0. The molecule has 1 aromatic carbocycles. The average Bonchev–Trinajstić information content (AvgIpc) is 2.30. The largest absolute Gasteiger partial charge is 0.328 e. The number of benzene rings is 1. The van der Waals surface area contributed by atoms with Gasteiger partial charge in [0.05, 0.1) is 0 Å². The molecule has 0 aliphatic rings. The molecule has 15 heavy (non-hydrogen) atoms. The first-order chi connectivity index (χ1) is 7.31. The lowest BCUT2D eigenvalue weighted by molar-refractivity contribution is 1.18. The number of hydrogen-bond acceptors (Lipinski definition) is 2. The molecular weight excluding hydrogens is 206 g/mol. The van der Waals surface area contributed by atoms with Crippen molar-refractivity contribution in [1.29, 1.82) is 0 Å². The van der Waals surface area contributed by atoms with Gasteiger partial charge in [-0.1, -0.05) is 30.3 Å². The zero-order valence-corrected chi connectivity index (χ0v) is 9.17. The second-order valence-electron chi connectivity index (χ2n) is 3.15. The first kappa shape index (κ1) is 10.1. The molecule has 2 rings (SSSR count). The fraction of sp³-hybridized carbons (Fsp3) is 0.0833. The van der Waals surface area contributed by atoms with Crippen molar-refractivity contribution in [2.45, 2.75) is 4.90 Å². The maximum atomic E-state index is 11.3. The third-order valence-corrected chi connectivity index (χ3v) is 2.97. The second-order valence-corrected chi connectivity index (χ2v) is 3.99. The molecular formula is C12H11NOS. The van der Waals surface area contributed by atoms with Gasteiger partial charge in [-0.05, 0) is 11.8 Å². The summed E-state index contributed by atoms with van der Waals surface area (Å²) in [7, 11) is 0. The Morgan fingerprint density at radius 3 is 2.60 bits per heavy atom. The Hall–Kier alpha value is -1.48. The van der Waals surface area contributed by atoms with Gasteiger partial charge < -0.3 is 4.98 Å². The quantitative estimate of drug-likeness (QED) is 0.785. The SMILES string of the molecule is CSc1c[nH]c(=O)cc1-c1ccccc1. The number of rotatable bonds is 2. The zero-order chi connectivity index (χ0) is 10.7. The lowest BCUT2D eigenvalue weighted by atomic mass is 10.1. The van der Waals surface area contributed by atoms with E-state index in [0.29, 0.717) is 0 Å². The molecule has 0 atom stereocenters. The third-order valence-electron chi connectivity index (χ3n) is 2.19. The highest BCUT2D eigenvalue weighted by Gasteiger charge is 2.04. The van der Waals surface area contributed by atoms with Crippen molar-refractivity contribution in [3.05, 3.63) is 52.9 Å². The number of aromatic amines is 1. The van der Waals surface area contributed by atoms with Gasteiger partial charge >= 0.3 is 0 Å². The number of hydrogen-bond donors (Lipinski definition) is 1. The van der Waals surface area contributed by atoms with Gasteiger partial charge in [-0.2, -0.15) is 0 Å². The van der Waals surface area contributed by atoms with Crippen LogP contribution in [0, 0.1) is 0 Å². The van der Waals surface area contributed by atoms with Crippen molar-refractivity contribution < 1.29 is 0 Å². The smallest absolute Gasteiger partial charge is 0.248 e. The van der Waals surface area contributed by atoms with Crippen LogP contribution in [0.5, 0.6) is 0 Å². The van der Waals surface area contributed by atoms with Gasteiger partial charge in [-0.15, -0.1) is 11.8 Å². The number of aromatic nitrogens is 1. The van der Waals surface area contributed by atoms with Crippen LogP contribution in [0.25, 0.3) is 11.1 Å². The Balaban J connectivity index is 2.61. The lowest BCUT2D eigenvalue weighted by Gasteiger charge is -2.05. The first-order valence-electron chi connectivity index (χ1n) is 4.63. The first-order valence-corrected chi connectivity index (χ1v) is 5.86. The Labute approximate surface area is 92.4 Å². The molecule has 1 aromatic heterocycles. The van der Waals surface area contributed by atoms with E-state index in [0.717, 1.165) is 16.0 Å². The molecule has 0 radical (unpaired) electrons. The number of thioether (sulfide) groups is 1. The van der Waals surface area contributed by atoms with Crippen LogP contribution in [0.2, 0.25) is 0 Å². The van der Waals surface area contributed by atoms with Gasteiger partial charge in [0.1, 0.15) is 0 Å². The van der Waals surface area contributed by atoms with E-state index in [4.69, 9.17) is 0 Å². The van der Waals surface area contributed by atoms with E-state index in [1.807, 2.05) is 36.6 Å². The molecule has 0 unspecified atom stereocenters. The van der Waals surface area contributed by atoms with Gasteiger partial charge in [-0.25, -0.2) is 0 Å². The molecule has 0 saturated heterocycles. The molecule has 0 spiro atoms. The van der Waals surface area contributed by atoms with E-state index in [2.05, 4.69) is 4.98 Å². The van der Waals surface area contributed by atoms with Gasteiger partial charge in [-0.3, -0.25) is 4.79 Å². The summed E-state index contributed by atoms with van der Waals surface area (Å²) in [5.74, 6) is 0. The van der Waals surface area contributed by atoms with Crippen LogP contribution < -0.4 is 5.56 Å². The van der Waals surface area contributed by atoms with E-state index in [1.165, 1.54) is 0 Å². The molecule has 0 amide bonds. The predicted octanol–water partition coefficient (Wildman–Crippen LogP) is 2.76. The second kappa shape index (κ2) is 4.36. The minimum Gasteiger partial charge on any atom is -0.328 e. The van der Waals surface area contributed by atoms with Gasteiger partial charge in [0.15, 0.2) is 0 Å². The van der Waals surface area contributed by atoms with E-state index < -0.39 is 0 Å². The highest BCUT2D eigenvalue weighted by atomic mass is 32.2. The number of H-pyrrole nitrogens is 1. The Bertz CT molecular complexity index is 505. The molecule has 76 valence electrons. The third kappa shape index (κ3) is 2.13. The fourth-order valence-electron chi connectivity index (χ4n) is 1.47. The minimum absolute atomic E-state index is 0.0633. The summed E-state index contributed by atoms with van der Waals surface area (Å²) in [5.41, 5.74) is 2.01. The van der Waals surface area contributed by atoms with Crippen molar-refractivity contribution >= 4 is 11.8 Å². The molecule has 0 bridgehead atoms. The summed E-state index contributed by atoms with van der Waals surface area (Å²) in [6.07, 6.45) is 3.76. The summed E-state index contributed by atoms with van der Waals surface area (Å²) in [5, 5.41) is 0. The molecule has 0 saturated carbocycles. The maximum absolute atomic E-state index is 11.3. The van der Waals surface area contributed by atoms with Crippen LogP contribution in [0.3, 0.4) is 0 Å². The Morgan fingerprint density at radius 1 is 1.20 bits per heavy atom. The van der Waals surface area contributed by atoms with Crippen LogP contribution in [0.4, 0.5) is 0 Å². The van der Waals surface area contributed by atoms with Crippen molar-refractivity contribution in [2.24, 2.45) is 0 Å². The molecule has 2 aromatic rings. The standard InChI is InChI=1S/C12H11NOS/c1-15-11-8-13-12(14)7-10(11)9-5-3-2-4-6-9/h2-8H,1H3,(H,13,14). The van der Waals surface area contributed by atoms with E-state index in [1.54, 1.807) is 24.0 Å². The highest BCUT2D eigenvalue weighted by molar-refractivity contribution is 7.98. The van der Waals surface area contributed by atoms with Crippen LogP contribution >= 0.6 is 11.8 Å². The average molecular weight is 217 g/mol. The summed E-state index contributed by atoms with van der Waals surface area (Å²) in [6.45, 7) is 0. The zero-order valence-electron chi connectivity index (χ0n) is 8.36. The van der Waals surface area contributed by atoms with Gasteiger partial charge in [0.25, 0.3) is 0 Å².